The van der Waals surface area contributed by atoms with Crippen LogP contribution in [0.1, 0.15) is 78.6 Å². The molecular formula is C18H35BO2. The molecule has 0 spiro atoms. The van der Waals surface area contributed by atoms with Gasteiger partial charge in [0.2, 0.25) is 0 Å². The average Bonchev–Trinajstić information content (AvgIpc) is 2.54. The molecular weight excluding hydrogens is 259 g/mol. The summed E-state index contributed by atoms with van der Waals surface area (Å²) in [4.78, 5) is 0. The molecule has 0 aromatic rings. The summed E-state index contributed by atoms with van der Waals surface area (Å²) in [6.07, 6.45) is 16.1. The molecule has 3 heteroatoms. The topological polar surface area (TPSA) is 18.5 Å². The molecule has 21 heavy (non-hydrogen) atoms. The minimum atomic E-state index is 0.336. The van der Waals surface area contributed by atoms with Gasteiger partial charge in [-0.1, -0.05) is 58.8 Å². The molecule has 0 aromatic heterocycles. The third kappa shape index (κ3) is 8.43. The molecule has 0 saturated heterocycles. The fraction of sp³-hybridized carbons (Fsp3) is 0.889. The van der Waals surface area contributed by atoms with E-state index in [0.717, 1.165) is 31.1 Å². The van der Waals surface area contributed by atoms with Gasteiger partial charge in [0.15, 0.2) is 0 Å². The minimum Gasteiger partial charge on any atom is -0.536 e. The van der Waals surface area contributed by atoms with Crippen LogP contribution in [0.3, 0.4) is 0 Å². The van der Waals surface area contributed by atoms with Crippen molar-refractivity contribution in [3.63, 3.8) is 0 Å². The second-order valence-corrected chi connectivity index (χ2v) is 6.45. The van der Waals surface area contributed by atoms with Gasteiger partial charge in [-0.05, 0) is 44.4 Å². The highest BCUT2D eigenvalue weighted by Gasteiger charge is 2.19. The summed E-state index contributed by atoms with van der Waals surface area (Å²) < 4.78 is 12.1. The van der Waals surface area contributed by atoms with Gasteiger partial charge in [0.1, 0.15) is 0 Å². The van der Waals surface area contributed by atoms with E-state index in [2.05, 4.69) is 13.8 Å². The molecule has 0 N–H and O–H groups in total. The summed E-state index contributed by atoms with van der Waals surface area (Å²) in [5.74, 6) is 1.50. The first-order valence-electron chi connectivity index (χ1n) is 9.25. The molecule has 0 radical (unpaired) electrons. The van der Waals surface area contributed by atoms with Crippen molar-refractivity contribution in [2.24, 2.45) is 5.92 Å². The fourth-order valence-corrected chi connectivity index (χ4v) is 3.03. The van der Waals surface area contributed by atoms with Crippen molar-refractivity contribution in [2.75, 3.05) is 6.61 Å². The Balaban J connectivity index is 2.33. The molecule has 1 aliphatic rings. The Hall–Kier alpha value is -0.595. The lowest BCUT2D eigenvalue weighted by Gasteiger charge is -2.24. The van der Waals surface area contributed by atoms with Gasteiger partial charge in [0.25, 0.3) is 5.95 Å². The van der Waals surface area contributed by atoms with E-state index in [-0.39, 0.29) is 0 Å². The van der Waals surface area contributed by atoms with E-state index >= 15 is 0 Å². The normalized spacial score (nSPS) is 16.8. The van der Waals surface area contributed by atoms with Crippen molar-refractivity contribution in [2.45, 2.75) is 91.2 Å². The van der Waals surface area contributed by atoms with Crippen LogP contribution in [-0.4, -0.2) is 13.5 Å². The molecule has 1 saturated carbocycles. The SMILES string of the molecule is C/C=C(/OCC1CCCCC1)OB(CCCC)CCCC. The highest BCUT2D eigenvalue weighted by Crippen LogP contribution is 2.25. The molecule has 1 fully saturated rings. The first-order valence-corrected chi connectivity index (χ1v) is 9.25. The maximum Gasteiger partial charge on any atom is 0.361 e. The zero-order valence-electron chi connectivity index (χ0n) is 14.5. The lowest BCUT2D eigenvalue weighted by atomic mass is 9.59. The number of hydrogen-bond donors (Lipinski definition) is 0. The lowest BCUT2D eigenvalue weighted by Crippen LogP contribution is -2.20. The van der Waals surface area contributed by atoms with Gasteiger partial charge in [-0.25, -0.2) is 0 Å². The monoisotopic (exact) mass is 294 g/mol. The Morgan fingerprint density at radius 3 is 2.19 bits per heavy atom. The third-order valence-corrected chi connectivity index (χ3v) is 4.46. The minimum absolute atomic E-state index is 0.336. The first-order chi connectivity index (χ1) is 10.3. The van der Waals surface area contributed by atoms with Crippen LogP contribution in [0.25, 0.3) is 0 Å². The van der Waals surface area contributed by atoms with Crippen LogP contribution in [0.2, 0.25) is 12.6 Å². The number of hydrogen-bond acceptors (Lipinski definition) is 2. The molecule has 0 aliphatic heterocycles. The van der Waals surface area contributed by atoms with Crippen molar-refractivity contribution in [1.82, 2.24) is 0 Å². The van der Waals surface area contributed by atoms with Crippen LogP contribution in [0.5, 0.6) is 0 Å². The molecule has 1 aliphatic carbocycles. The Labute approximate surface area is 132 Å². The molecule has 2 nitrogen and oxygen atoms in total. The fourth-order valence-electron chi connectivity index (χ4n) is 3.03. The van der Waals surface area contributed by atoms with Crippen molar-refractivity contribution < 1.29 is 9.39 Å². The molecule has 0 amide bonds. The Morgan fingerprint density at radius 1 is 1.05 bits per heavy atom. The van der Waals surface area contributed by atoms with E-state index < -0.39 is 0 Å². The number of allylic oxidation sites excluding steroid dienone is 1. The van der Waals surface area contributed by atoms with E-state index in [9.17, 15) is 0 Å². The summed E-state index contributed by atoms with van der Waals surface area (Å²) >= 11 is 0. The van der Waals surface area contributed by atoms with Gasteiger partial charge >= 0.3 is 6.92 Å². The molecule has 0 heterocycles. The van der Waals surface area contributed by atoms with Crippen LogP contribution in [0.15, 0.2) is 12.0 Å². The predicted octanol–water partition coefficient (Wildman–Crippen LogP) is 6.05. The third-order valence-electron chi connectivity index (χ3n) is 4.46. The highest BCUT2D eigenvalue weighted by atomic mass is 16.7. The quantitative estimate of drug-likeness (QED) is 0.341. The van der Waals surface area contributed by atoms with Crippen molar-refractivity contribution in [3.8, 4) is 0 Å². The summed E-state index contributed by atoms with van der Waals surface area (Å²) in [5, 5.41) is 0. The van der Waals surface area contributed by atoms with E-state index in [1.54, 1.807) is 0 Å². The van der Waals surface area contributed by atoms with Gasteiger partial charge < -0.3 is 9.39 Å². The number of rotatable bonds is 11. The summed E-state index contributed by atoms with van der Waals surface area (Å²) in [7, 11) is 0. The molecule has 0 atom stereocenters. The molecule has 0 aromatic carbocycles. The zero-order valence-corrected chi connectivity index (χ0v) is 14.5. The van der Waals surface area contributed by atoms with E-state index in [0.29, 0.717) is 6.92 Å². The molecule has 122 valence electrons. The van der Waals surface area contributed by atoms with Crippen LogP contribution < -0.4 is 0 Å². The Bertz CT molecular complexity index is 264. The van der Waals surface area contributed by atoms with E-state index in [1.165, 1.54) is 57.8 Å². The van der Waals surface area contributed by atoms with Crippen LogP contribution in [-0.2, 0) is 9.39 Å². The zero-order chi connectivity index (χ0) is 15.3. The smallest absolute Gasteiger partial charge is 0.361 e. The van der Waals surface area contributed by atoms with Crippen LogP contribution in [0.4, 0.5) is 0 Å². The Kier molecular flexibility index (Phi) is 10.5. The molecule has 0 bridgehead atoms. The summed E-state index contributed by atoms with van der Waals surface area (Å²) in [6, 6.07) is 0. The maximum atomic E-state index is 6.13. The Morgan fingerprint density at radius 2 is 1.67 bits per heavy atom. The van der Waals surface area contributed by atoms with Gasteiger partial charge in [0, 0.05) is 0 Å². The van der Waals surface area contributed by atoms with Crippen molar-refractivity contribution in [1.29, 1.82) is 0 Å². The van der Waals surface area contributed by atoms with Gasteiger partial charge in [-0.2, -0.15) is 0 Å². The molecule has 0 unspecified atom stereocenters. The largest absolute Gasteiger partial charge is 0.536 e. The number of ether oxygens (including phenoxy) is 1. The molecule has 1 rings (SSSR count). The van der Waals surface area contributed by atoms with Gasteiger partial charge in [-0.15, -0.1) is 0 Å². The van der Waals surface area contributed by atoms with Crippen molar-refractivity contribution in [3.05, 3.63) is 12.0 Å². The second-order valence-electron chi connectivity index (χ2n) is 6.45. The van der Waals surface area contributed by atoms with Gasteiger partial charge in [-0.3, -0.25) is 0 Å². The average molecular weight is 294 g/mol. The summed E-state index contributed by atoms with van der Waals surface area (Å²) in [5.41, 5.74) is 0. The van der Waals surface area contributed by atoms with Crippen molar-refractivity contribution >= 4 is 6.92 Å². The second kappa shape index (κ2) is 12.0. The van der Waals surface area contributed by atoms with Crippen LogP contribution >= 0.6 is 0 Å². The lowest BCUT2D eigenvalue weighted by molar-refractivity contribution is 0.0683. The van der Waals surface area contributed by atoms with Gasteiger partial charge in [0.05, 0.1) is 6.61 Å². The van der Waals surface area contributed by atoms with Crippen LogP contribution in [0, 0.1) is 5.92 Å². The highest BCUT2D eigenvalue weighted by molar-refractivity contribution is 6.52. The standard InChI is InChI=1S/C18H35BO2/c1-4-7-14-19(15-8-5-2)21-18(6-3)20-16-17-12-10-9-11-13-17/h6,17H,4-5,7-16H2,1-3H3/b18-6-. The predicted molar refractivity (Wildman–Crippen MR) is 92.6 cm³/mol. The van der Waals surface area contributed by atoms with E-state index in [4.69, 9.17) is 9.39 Å². The van der Waals surface area contributed by atoms with E-state index in [1.807, 2.05) is 13.0 Å². The maximum absolute atomic E-state index is 6.13. The first kappa shape index (κ1) is 18.5. The summed E-state index contributed by atoms with van der Waals surface area (Å²) in [6.45, 7) is 7.68. The number of unbranched alkanes of at least 4 members (excludes halogenated alkanes) is 2.